The van der Waals surface area contributed by atoms with Crippen LogP contribution in [0, 0.1) is 5.92 Å². The molecule has 3 amide bonds. The molecule has 0 radical (unpaired) electrons. The van der Waals surface area contributed by atoms with E-state index in [1.54, 1.807) is 4.90 Å². The Hall–Kier alpha value is -2.60. The van der Waals surface area contributed by atoms with Gasteiger partial charge >= 0.3 is 6.03 Å². The summed E-state index contributed by atoms with van der Waals surface area (Å²) in [4.78, 5) is 31.1. The summed E-state index contributed by atoms with van der Waals surface area (Å²) in [7, 11) is 2.16. The topological polar surface area (TPSA) is 68.4 Å². The summed E-state index contributed by atoms with van der Waals surface area (Å²) in [6.07, 6.45) is 5.84. The number of imide groups is 1. The average Bonchev–Trinajstić information content (AvgIpc) is 3.08. The van der Waals surface area contributed by atoms with Gasteiger partial charge in [-0.15, -0.1) is 0 Å². The summed E-state index contributed by atoms with van der Waals surface area (Å²) in [5.74, 6) is 0.124. The highest BCUT2D eigenvalue weighted by atomic mass is 16.2. The number of aromatic amines is 1. The van der Waals surface area contributed by atoms with Crippen molar-refractivity contribution in [1.82, 2.24) is 20.1 Å². The van der Waals surface area contributed by atoms with E-state index in [2.05, 4.69) is 52.7 Å². The van der Waals surface area contributed by atoms with Gasteiger partial charge in [-0.3, -0.25) is 15.0 Å². The van der Waals surface area contributed by atoms with Crippen molar-refractivity contribution in [1.29, 1.82) is 0 Å². The average molecular weight is 350 g/mol. The van der Waals surface area contributed by atoms with Crippen LogP contribution in [0.5, 0.6) is 0 Å². The molecule has 2 N–H and O–H groups in total. The van der Waals surface area contributed by atoms with Crippen LogP contribution in [-0.4, -0.2) is 59.4 Å². The van der Waals surface area contributed by atoms with Crippen LogP contribution in [0.4, 0.5) is 4.79 Å². The second kappa shape index (κ2) is 5.71. The number of likely N-dealkylation sites (N-methyl/N-ethyl adjacent to an activating group) is 1. The number of H-pyrrole nitrogens is 1. The minimum atomic E-state index is -0.254. The van der Waals surface area contributed by atoms with E-state index in [4.69, 9.17) is 0 Å². The predicted octanol–water partition coefficient (Wildman–Crippen LogP) is 1.98. The van der Waals surface area contributed by atoms with Gasteiger partial charge < -0.3 is 9.88 Å². The van der Waals surface area contributed by atoms with Gasteiger partial charge in [0.1, 0.15) is 0 Å². The first-order valence-electron chi connectivity index (χ1n) is 9.19. The predicted molar refractivity (Wildman–Crippen MR) is 99.6 cm³/mol. The van der Waals surface area contributed by atoms with E-state index in [0.717, 1.165) is 13.0 Å². The molecular weight excluding hydrogens is 328 g/mol. The Bertz CT molecular complexity index is 944. The van der Waals surface area contributed by atoms with Crippen LogP contribution in [0.1, 0.15) is 17.5 Å². The number of hydrogen-bond donors (Lipinski definition) is 2. The Balaban J connectivity index is 1.49. The molecule has 2 fully saturated rings. The molecule has 6 nitrogen and oxygen atoms in total. The number of urea groups is 1. The number of aromatic nitrogens is 1. The van der Waals surface area contributed by atoms with E-state index >= 15 is 0 Å². The highest BCUT2D eigenvalue weighted by molar-refractivity contribution is 5.96. The number of benzene rings is 1. The van der Waals surface area contributed by atoms with Crippen LogP contribution < -0.4 is 5.32 Å². The first-order valence-corrected chi connectivity index (χ1v) is 9.19. The van der Waals surface area contributed by atoms with E-state index in [9.17, 15) is 9.59 Å². The third-order valence-electron chi connectivity index (χ3n) is 6.03. The smallest absolute Gasteiger partial charge is 0.324 e. The summed E-state index contributed by atoms with van der Waals surface area (Å²) >= 11 is 0. The van der Waals surface area contributed by atoms with Crippen molar-refractivity contribution in [2.24, 2.45) is 5.92 Å². The molecule has 1 aromatic carbocycles. The fourth-order valence-corrected chi connectivity index (χ4v) is 4.75. The van der Waals surface area contributed by atoms with Gasteiger partial charge in [-0.25, -0.2) is 4.79 Å². The second-order valence-corrected chi connectivity index (χ2v) is 7.63. The largest absolute Gasteiger partial charge is 0.361 e. The van der Waals surface area contributed by atoms with E-state index in [1.165, 1.54) is 27.6 Å². The molecule has 134 valence electrons. The van der Waals surface area contributed by atoms with Crippen molar-refractivity contribution >= 4 is 28.9 Å². The zero-order valence-corrected chi connectivity index (χ0v) is 14.8. The molecule has 0 saturated carbocycles. The summed E-state index contributed by atoms with van der Waals surface area (Å²) < 4.78 is 0. The van der Waals surface area contributed by atoms with Gasteiger partial charge in [0.2, 0.25) is 5.91 Å². The van der Waals surface area contributed by atoms with Crippen molar-refractivity contribution in [3.05, 3.63) is 41.1 Å². The molecular formula is C20H22N4O2. The van der Waals surface area contributed by atoms with E-state index in [0.29, 0.717) is 31.5 Å². The molecule has 6 heteroatoms. The first kappa shape index (κ1) is 15.6. The summed E-state index contributed by atoms with van der Waals surface area (Å²) in [5.41, 5.74) is 5.21. The maximum Gasteiger partial charge on any atom is 0.324 e. The third kappa shape index (κ3) is 2.36. The number of rotatable bonds is 2. The summed E-state index contributed by atoms with van der Waals surface area (Å²) in [6.45, 7) is 2.11. The monoisotopic (exact) mass is 350 g/mol. The Morgan fingerprint density at radius 3 is 3.00 bits per heavy atom. The quantitative estimate of drug-likeness (QED) is 0.870. The number of carbonyl (C=O) groups excluding carboxylic acids is 2. The van der Waals surface area contributed by atoms with Crippen molar-refractivity contribution in [2.45, 2.75) is 18.9 Å². The standard InChI is InChI=1S/C20H22N4O2/c1-23-10-14(11-24-6-5-18(25)22-20(24)26)15-7-12-3-2-4-16-19(12)13(9-21-16)8-17(15)23/h2-4,7,9,14,17,21H,5-6,8,10-11H2,1H3,(H,22,25,26)/t14-,17-/m1/s1. The summed E-state index contributed by atoms with van der Waals surface area (Å²) in [6, 6.07) is 6.50. The SMILES string of the molecule is CN1C[C@H](CN2CCC(=O)NC2=O)C2=Cc3cccc4[nH]cc(c34)C[C@H]21. The van der Waals surface area contributed by atoms with Gasteiger partial charge in [0.15, 0.2) is 0 Å². The summed E-state index contributed by atoms with van der Waals surface area (Å²) in [5, 5.41) is 3.76. The van der Waals surface area contributed by atoms with Gasteiger partial charge in [-0.1, -0.05) is 18.2 Å². The lowest BCUT2D eigenvalue weighted by molar-refractivity contribution is -0.121. The number of amides is 3. The fraction of sp³-hybridized carbons (Fsp3) is 0.400. The number of nitrogens with zero attached hydrogens (tertiary/aromatic N) is 2. The molecule has 3 heterocycles. The van der Waals surface area contributed by atoms with Gasteiger partial charge in [-0.05, 0) is 36.2 Å². The molecule has 1 aromatic heterocycles. The third-order valence-corrected chi connectivity index (χ3v) is 6.03. The number of likely N-dealkylation sites (tertiary alicyclic amines) is 1. The molecule has 1 aliphatic carbocycles. The van der Waals surface area contributed by atoms with Crippen molar-refractivity contribution < 1.29 is 9.59 Å². The minimum Gasteiger partial charge on any atom is -0.361 e. The molecule has 3 aliphatic rings. The Morgan fingerprint density at radius 1 is 1.27 bits per heavy atom. The van der Waals surface area contributed by atoms with Crippen LogP contribution in [0.15, 0.2) is 30.0 Å². The Kier molecular flexibility index (Phi) is 3.43. The van der Waals surface area contributed by atoms with Crippen molar-refractivity contribution in [3.8, 4) is 0 Å². The van der Waals surface area contributed by atoms with Crippen molar-refractivity contribution in [2.75, 3.05) is 26.7 Å². The number of fused-ring (bicyclic) bond motifs is 1. The maximum atomic E-state index is 12.1. The zero-order valence-electron chi connectivity index (χ0n) is 14.8. The molecule has 0 spiro atoms. The Labute approximate surface area is 151 Å². The van der Waals surface area contributed by atoms with Crippen LogP contribution in [0.25, 0.3) is 17.0 Å². The van der Waals surface area contributed by atoms with Crippen LogP contribution in [-0.2, 0) is 11.2 Å². The lowest BCUT2D eigenvalue weighted by Crippen LogP contribution is -2.51. The molecule has 26 heavy (non-hydrogen) atoms. The zero-order chi connectivity index (χ0) is 17.8. The molecule has 2 aliphatic heterocycles. The Morgan fingerprint density at radius 2 is 2.15 bits per heavy atom. The van der Waals surface area contributed by atoms with Crippen molar-refractivity contribution in [3.63, 3.8) is 0 Å². The molecule has 2 aromatic rings. The molecule has 2 saturated heterocycles. The normalized spacial score (nSPS) is 25.9. The van der Waals surface area contributed by atoms with E-state index in [1.807, 2.05) is 0 Å². The first-order chi connectivity index (χ1) is 12.6. The van der Waals surface area contributed by atoms with Gasteiger partial charge in [0.25, 0.3) is 0 Å². The van der Waals surface area contributed by atoms with Gasteiger partial charge in [-0.2, -0.15) is 0 Å². The van der Waals surface area contributed by atoms with E-state index < -0.39 is 0 Å². The minimum absolute atomic E-state index is 0.174. The van der Waals surface area contributed by atoms with Crippen LogP contribution in [0.3, 0.4) is 0 Å². The maximum absolute atomic E-state index is 12.1. The molecule has 0 unspecified atom stereocenters. The second-order valence-electron chi connectivity index (χ2n) is 7.63. The molecule has 5 rings (SSSR count). The molecule has 0 bridgehead atoms. The lowest BCUT2D eigenvalue weighted by Gasteiger charge is -2.29. The highest BCUT2D eigenvalue weighted by Gasteiger charge is 2.38. The number of carbonyl (C=O) groups is 2. The number of nitrogens with one attached hydrogen (secondary N) is 2. The fourth-order valence-electron chi connectivity index (χ4n) is 4.75. The molecule has 2 atom stereocenters. The number of hydrogen-bond acceptors (Lipinski definition) is 3. The van der Waals surface area contributed by atoms with Crippen LogP contribution in [0.2, 0.25) is 0 Å². The lowest BCUT2D eigenvalue weighted by atomic mass is 9.94. The van der Waals surface area contributed by atoms with E-state index in [-0.39, 0.29) is 11.9 Å². The van der Waals surface area contributed by atoms with Crippen LogP contribution >= 0.6 is 0 Å². The van der Waals surface area contributed by atoms with Gasteiger partial charge in [0.05, 0.1) is 0 Å². The highest BCUT2D eigenvalue weighted by Crippen LogP contribution is 2.38. The van der Waals surface area contributed by atoms with Gasteiger partial charge in [0, 0.05) is 55.1 Å².